The van der Waals surface area contributed by atoms with Gasteiger partial charge in [0.05, 0.1) is 0 Å². The molecule has 1 heterocycles. The molecule has 0 amide bonds. The van der Waals surface area contributed by atoms with Crippen molar-refractivity contribution in [3.8, 4) is 0 Å². The van der Waals surface area contributed by atoms with E-state index in [0.29, 0.717) is 6.10 Å². The molecule has 0 bridgehead atoms. The lowest BCUT2D eigenvalue weighted by atomic mass is 9.83. The summed E-state index contributed by atoms with van der Waals surface area (Å²) in [6.07, 6.45) is 2.48. The number of hydrogen-bond donors (Lipinski definition) is 0. The average molecular weight is 153 g/mol. The second-order valence-electron chi connectivity index (χ2n) is 3.09. The molecule has 3 heteroatoms. The van der Waals surface area contributed by atoms with Crippen LogP contribution in [-0.4, -0.2) is 31.1 Å². The molecule has 0 aromatic rings. The van der Waals surface area contributed by atoms with Crippen LogP contribution in [0, 0.1) is 0 Å². The van der Waals surface area contributed by atoms with Gasteiger partial charge in [0.15, 0.2) is 0 Å². The van der Waals surface area contributed by atoms with Gasteiger partial charge >= 0.3 is 7.05 Å². The summed E-state index contributed by atoms with van der Waals surface area (Å²) in [6, 6.07) is 0. The lowest BCUT2D eigenvalue weighted by molar-refractivity contribution is 0.218. The van der Waals surface area contributed by atoms with Crippen LogP contribution >= 0.6 is 0 Å². The largest absolute Gasteiger partial charge is 0.416 e. The van der Waals surface area contributed by atoms with Crippen molar-refractivity contribution >= 4 is 7.05 Å². The monoisotopic (exact) mass is 153 g/mol. The molecule has 1 aliphatic heterocycles. The van der Waals surface area contributed by atoms with Gasteiger partial charge in [0.25, 0.3) is 0 Å². The van der Waals surface area contributed by atoms with Crippen molar-refractivity contribution in [3.63, 3.8) is 0 Å². The number of rotatable bonds is 3. The maximum Gasteiger partial charge on any atom is 0.411 e. The van der Waals surface area contributed by atoms with E-state index >= 15 is 0 Å². The Bertz CT molecular complexity index is 147. The normalized spacial score (nSPS) is 18.7. The fraction of sp³-hybridized carbons (Fsp3) is 0.750. The Morgan fingerprint density at radius 2 is 2.36 bits per heavy atom. The maximum atomic E-state index is 5.65. The van der Waals surface area contributed by atoms with E-state index in [1.807, 2.05) is 0 Å². The topological polar surface area (TPSA) is 12.5 Å². The van der Waals surface area contributed by atoms with Crippen LogP contribution in [0.2, 0.25) is 0 Å². The van der Waals surface area contributed by atoms with Gasteiger partial charge in [-0.1, -0.05) is 19.0 Å². The standard InChI is InChI=1S/C8H16BNO/c1-4-10-7-5-6-9(10)11-8(2)3/h5-6,8H,4,7H2,1-3H3. The van der Waals surface area contributed by atoms with Gasteiger partial charge in [-0.15, -0.1) is 0 Å². The molecule has 0 N–H and O–H groups in total. The van der Waals surface area contributed by atoms with Crippen LogP contribution in [0.25, 0.3) is 0 Å². The summed E-state index contributed by atoms with van der Waals surface area (Å²) in [5.41, 5.74) is 0. The van der Waals surface area contributed by atoms with Crippen LogP contribution in [0.5, 0.6) is 0 Å². The summed E-state index contributed by atoms with van der Waals surface area (Å²) in [5.74, 6) is 2.13. The second-order valence-corrected chi connectivity index (χ2v) is 3.09. The lowest BCUT2D eigenvalue weighted by Crippen LogP contribution is -2.38. The fourth-order valence-electron chi connectivity index (χ4n) is 1.26. The second kappa shape index (κ2) is 3.93. The Balaban J connectivity index is 2.37. The molecule has 0 unspecified atom stereocenters. The zero-order valence-electron chi connectivity index (χ0n) is 7.58. The maximum absolute atomic E-state index is 5.65. The number of likely N-dealkylation sites (N-methyl/N-ethyl adjacent to an activating group) is 1. The molecule has 0 atom stereocenters. The fourth-order valence-corrected chi connectivity index (χ4v) is 1.26. The number of hydrogen-bond acceptors (Lipinski definition) is 2. The van der Waals surface area contributed by atoms with E-state index in [4.69, 9.17) is 4.65 Å². The Morgan fingerprint density at radius 1 is 1.64 bits per heavy atom. The first-order valence-corrected chi connectivity index (χ1v) is 4.30. The van der Waals surface area contributed by atoms with Crippen LogP contribution in [0.4, 0.5) is 0 Å². The highest BCUT2D eigenvalue weighted by atomic mass is 16.5. The van der Waals surface area contributed by atoms with E-state index in [1.54, 1.807) is 0 Å². The minimum Gasteiger partial charge on any atom is -0.416 e. The summed E-state index contributed by atoms with van der Waals surface area (Å²) in [6.45, 7) is 8.39. The van der Waals surface area contributed by atoms with Crippen molar-refractivity contribution in [2.75, 3.05) is 13.1 Å². The minimum atomic E-state index is 0.222. The molecule has 2 nitrogen and oxygen atoms in total. The Morgan fingerprint density at radius 3 is 2.91 bits per heavy atom. The van der Waals surface area contributed by atoms with Gasteiger partial charge in [-0.05, 0) is 20.4 Å². The minimum absolute atomic E-state index is 0.222. The van der Waals surface area contributed by atoms with Crippen molar-refractivity contribution < 1.29 is 4.65 Å². The van der Waals surface area contributed by atoms with E-state index < -0.39 is 0 Å². The van der Waals surface area contributed by atoms with Gasteiger partial charge in [-0.25, -0.2) is 0 Å². The van der Waals surface area contributed by atoms with E-state index in [2.05, 4.69) is 37.6 Å². The van der Waals surface area contributed by atoms with Gasteiger partial charge < -0.3 is 9.47 Å². The summed E-state index contributed by atoms with van der Waals surface area (Å²) < 4.78 is 5.65. The Kier molecular flexibility index (Phi) is 3.15. The third kappa shape index (κ3) is 2.35. The molecule has 11 heavy (non-hydrogen) atoms. The Labute approximate surface area is 69.4 Å². The van der Waals surface area contributed by atoms with Crippen LogP contribution in [0.3, 0.4) is 0 Å². The summed E-state index contributed by atoms with van der Waals surface area (Å²) in [5, 5.41) is 0. The molecule has 0 aromatic carbocycles. The van der Waals surface area contributed by atoms with Gasteiger partial charge in [0.1, 0.15) is 0 Å². The summed E-state index contributed by atoms with van der Waals surface area (Å²) in [4.78, 5) is 2.29. The molecule has 0 aromatic heterocycles. The first kappa shape index (κ1) is 8.82. The SMILES string of the molecule is CCN1CC=CB1OC(C)C. The zero-order valence-corrected chi connectivity index (χ0v) is 7.58. The van der Waals surface area contributed by atoms with Crippen molar-refractivity contribution in [1.29, 1.82) is 0 Å². The number of nitrogens with zero attached hydrogens (tertiary/aromatic N) is 1. The van der Waals surface area contributed by atoms with Crippen molar-refractivity contribution in [2.45, 2.75) is 26.9 Å². The molecule has 0 aliphatic carbocycles. The van der Waals surface area contributed by atoms with Gasteiger partial charge in [-0.2, -0.15) is 0 Å². The van der Waals surface area contributed by atoms with Crippen LogP contribution in [-0.2, 0) is 4.65 Å². The van der Waals surface area contributed by atoms with Crippen LogP contribution in [0.15, 0.2) is 12.1 Å². The first-order valence-electron chi connectivity index (χ1n) is 4.30. The van der Waals surface area contributed by atoms with Crippen molar-refractivity contribution in [1.82, 2.24) is 4.81 Å². The molecule has 62 valence electrons. The van der Waals surface area contributed by atoms with Gasteiger partial charge in [0.2, 0.25) is 0 Å². The highest BCUT2D eigenvalue weighted by Crippen LogP contribution is 2.07. The molecule has 0 spiro atoms. The third-order valence-corrected chi connectivity index (χ3v) is 1.82. The van der Waals surface area contributed by atoms with Crippen molar-refractivity contribution in [2.24, 2.45) is 0 Å². The predicted molar refractivity (Wildman–Crippen MR) is 48.4 cm³/mol. The van der Waals surface area contributed by atoms with E-state index in [0.717, 1.165) is 13.1 Å². The Hall–Kier alpha value is -0.275. The molecular weight excluding hydrogens is 137 g/mol. The smallest absolute Gasteiger partial charge is 0.411 e. The third-order valence-electron chi connectivity index (χ3n) is 1.82. The molecule has 1 aliphatic rings. The van der Waals surface area contributed by atoms with E-state index in [1.165, 1.54) is 0 Å². The molecule has 1 rings (SSSR count). The highest BCUT2D eigenvalue weighted by molar-refractivity contribution is 6.55. The van der Waals surface area contributed by atoms with Crippen LogP contribution < -0.4 is 0 Å². The lowest BCUT2D eigenvalue weighted by Gasteiger charge is -2.21. The zero-order chi connectivity index (χ0) is 8.27. The highest BCUT2D eigenvalue weighted by Gasteiger charge is 2.25. The first-order chi connectivity index (χ1) is 5.24. The van der Waals surface area contributed by atoms with Crippen LogP contribution in [0.1, 0.15) is 20.8 Å². The quantitative estimate of drug-likeness (QED) is 0.567. The molecule has 0 fully saturated rings. The molecule has 0 saturated heterocycles. The van der Waals surface area contributed by atoms with Crippen molar-refractivity contribution in [3.05, 3.63) is 12.1 Å². The summed E-state index contributed by atoms with van der Waals surface area (Å²) in [7, 11) is 0.222. The van der Waals surface area contributed by atoms with Gasteiger partial charge in [0, 0.05) is 12.6 Å². The van der Waals surface area contributed by atoms with E-state index in [9.17, 15) is 0 Å². The predicted octanol–water partition coefficient (Wildman–Crippen LogP) is 1.33. The molecule has 0 radical (unpaired) electrons. The van der Waals surface area contributed by atoms with E-state index in [-0.39, 0.29) is 7.05 Å². The molecule has 0 saturated carbocycles. The summed E-state index contributed by atoms with van der Waals surface area (Å²) >= 11 is 0. The van der Waals surface area contributed by atoms with Gasteiger partial charge in [-0.3, -0.25) is 0 Å². The average Bonchev–Trinajstić information content (AvgIpc) is 2.34. The molecular formula is C8H16BNO.